The van der Waals surface area contributed by atoms with Gasteiger partial charge in [-0.2, -0.15) is 5.10 Å². The molecule has 1 aliphatic heterocycles. The predicted molar refractivity (Wildman–Crippen MR) is 70.1 cm³/mol. The summed E-state index contributed by atoms with van der Waals surface area (Å²) in [4.78, 5) is 2.96. The first-order valence-electron chi connectivity index (χ1n) is 5.85. The van der Waals surface area contributed by atoms with Gasteiger partial charge < -0.3 is 4.90 Å². The van der Waals surface area contributed by atoms with E-state index >= 15 is 0 Å². The third kappa shape index (κ3) is 2.73. The molecule has 3 nitrogen and oxygen atoms in total. The molecule has 0 N–H and O–H groups in total. The lowest BCUT2D eigenvalue weighted by atomic mass is 9.94. The van der Waals surface area contributed by atoms with Crippen molar-refractivity contribution in [2.45, 2.75) is 31.5 Å². The van der Waals surface area contributed by atoms with Gasteiger partial charge in [-0.15, -0.1) is 5.10 Å². The molecular weight excluding hydrogens is 266 g/mol. The first-order valence-corrected chi connectivity index (χ1v) is 6.76. The predicted octanol–water partition coefficient (Wildman–Crippen LogP) is 2.78. The number of aromatic nitrogens is 2. The van der Waals surface area contributed by atoms with E-state index in [0.29, 0.717) is 4.83 Å². The fourth-order valence-corrected chi connectivity index (χ4v) is 2.72. The minimum Gasteiger partial charge on any atom is -0.355 e. The second-order valence-corrected chi connectivity index (χ2v) is 6.04. The Bertz CT molecular complexity index is 346. The van der Waals surface area contributed by atoms with Crippen molar-refractivity contribution in [2.75, 3.05) is 18.0 Å². The lowest BCUT2D eigenvalue weighted by Gasteiger charge is -2.33. The molecule has 0 amide bonds. The van der Waals surface area contributed by atoms with E-state index in [0.717, 1.165) is 24.8 Å². The molecule has 0 radical (unpaired) electrons. The zero-order valence-electron chi connectivity index (χ0n) is 9.86. The van der Waals surface area contributed by atoms with Crippen LogP contribution in [0, 0.1) is 12.8 Å². The third-order valence-electron chi connectivity index (χ3n) is 3.29. The molecule has 2 rings (SSSR count). The Morgan fingerprint density at radius 2 is 2.12 bits per heavy atom. The summed E-state index contributed by atoms with van der Waals surface area (Å²) in [6, 6.07) is 2.12. The Morgan fingerprint density at radius 3 is 2.69 bits per heavy atom. The topological polar surface area (TPSA) is 29.0 Å². The molecule has 0 aromatic carbocycles. The number of anilines is 1. The Balaban J connectivity index is 1.99. The standard InChI is InChI=1S/C12H18BrN3/c1-9-7-12(15-14-8-9)16-5-3-11(4-6-16)10(2)13/h7-8,10-11H,3-6H2,1-2H3. The summed E-state index contributed by atoms with van der Waals surface area (Å²) in [7, 11) is 0. The number of piperidine rings is 1. The molecule has 1 aromatic rings. The van der Waals surface area contributed by atoms with Crippen LogP contribution in [-0.4, -0.2) is 28.1 Å². The van der Waals surface area contributed by atoms with Crippen molar-refractivity contribution in [3.63, 3.8) is 0 Å². The number of hydrogen-bond donors (Lipinski definition) is 0. The van der Waals surface area contributed by atoms with Crippen molar-refractivity contribution < 1.29 is 0 Å². The van der Waals surface area contributed by atoms with Crippen molar-refractivity contribution in [1.29, 1.82) is 0 Å². The van der Waals surface area contributed by atoms with E-state index in [4.69, 9.17) is 0 Å². The molecule has 0 aliphatic carbocycles. The summed E-state index contributed by atoms with van der Waals surface area (Å²) in [6.07, 6.45) is 4.28. The summed E-state index contributed by atoms with van der Waals surface area (Å²) in [5, 5.41) is 8.21. The zero-order valence-corrected chi connectivity index (χ0v) is 11.4. The van der Waals surface area contributed by atoms with Crippen LogP contribution < -0.4 is 4.90 Å². The quantitative estimate of drug-likeness (QED) is 0.782. The monoisotopic (exact) mass is 283 g/mol. The number of alkyl halides is 1. The smallest absolute Gasteiger partial charge is 0.151 e. The van der Waals surface area contributed by atoms with Gasteiger partial charge >= 0.3 is 0 Å². The molecule has 88 valence electrons. The number of rotatable bonds is 2. The van der Waals surface area contributed by atoms with Crippen LogP contribution in [-0.2, 0) is 0 Å². The van der Waals surface area contributed by atoms with Gasteiger partial charge in [-0.3, -0.25) is 0 Å². The average molecular weight is 284 g/mol. The molecule has 1 saturated heterocycles. The van der Waals surface area contributed by atoms with Crippen molar-refractivity contribution in [2.24, 2.45) is 5.92 Å². The summed E-state index contributed by atoms with van der Waals surface area (Å²) in [5.41, 5.74) is 1.18. The Morgan fingerprint density at radius 1 is 1.44 bits per heavy atom. The molecule has 2 heterocycles. The first-order chi connectivity index (χ1) is 7.66. The second kappa shape index (κ2) is 5.13. The van der Waals surface area contributed by atoms with Gasteiger partial charge in [-0.1, -0.05) is 22.9 Å². The first kappa shape index (κ1) is 11.8. The summed E-state index contributed by atoms with van der Waals surface area (Å²) in [6.45, 7) is 6.50. The lowest BCUT2D eigenvalue weighted by Crippen LogP contribution is -2.36. The van der Waals surface area contributed by atoms with E-state index in [1.807, 2.05) is 0 Å². The second-order valence-electron chi connectivity index (χ2n) is 4.59. The molecule has 1 aromatic heterocycles. The van der Waals surface area contributed by atoms with Crippen LogP contribution >= 0.6 is 15.9 Å². The van der Waals surface area contributed by atoms with Crippen LogP contribution in [0.3, 0.4) is 0 Å². The average Bonchev–Trinajstić information content (AvgIpc) is 2.29. The van der Waals surface area contributed by atoms with E-state index in [1.54, 1.807) is 6.20 Å². The van der Waals surface area contributed by atoms with Gasteiger partial charge in [0.15, 0.2) is 5.82 Å². The number of aryl methyl sites for hydroxylation is 1. The minimum atomic E-state index is 0.623. The number of halogens is 1. The maximum Gasteiger partial charge on any atom is 0.151 e. The van der Waals surface area contributed by atoms with Crippen LogP contribution in [0.1, 0.15) is 25.3 Å². The van der Waals surface area contributed by atoms with Gasteiger partial charge in [-0.05, 0) is 37.3 Å². The molecule has 1 unspecified atom stereocenters. The molecule has 4 heteroatoms. The highest BCUT2D eigenvalue weighted by Gasteiger charge is 2.23. The van der Waals surface area contributed by atoms with E-state index in [-0.39, 0.29) is 0 Å². The van der Waals surface area contributed by atoms with E-state index in [1.165, 1.54) is 18.4 Å². The Labute approximate surface area is 105 Å². The van der Waals surface area contributed by atoms with Crippen molar-refractivity contribution >= 4 is 21.7 Å². The van der Waals surface area contributed by atoms with Crippen LogP contribution in [0.2, 0.25) is 0 Å². The molecule has 16 heavy (non-hydrogen) atoms. The van der Waals surface area contributed by atoms with Gasteiger partial charge in [0, 0.05) is 17.9 Å². The highest BCUT2D eigenvalue weighted by Crippen LogP contribution is 2.27. The number of hydrogen-bond acceptors (Lipinski definition) is 3. The maximum atomic E-state index is 4.20. The fourth-order valence-electron chi connectivity index (χ4n) is 2.19. The van der Waals surface area contributed by atoms with Gasteiger partial charge in [-0.25, -0.2) is 0 Å². The van der Waals surface area contributed by atoms with E-state index < -0.39 is 0 Å². The minimum absolute atomic E-state index is 0.623. The fraction of sp³-hybridized carbons (Fsp3) is 0.667. The van der Waals surface area contributed by atoms with Crippen LogP contribution in [0.25, 0.3) is 0 Å². The molecule has 0 bridgehead atoms. The highest BCUT2D eigenvalue weighted by molar-refractivity contribution is 9.09. The van der Waals surface area contributed by atoms with Crippen molar-refractivity contribution in [3.05, 3.63) is 17.8 Å². The van der Waals surface area contributed by atoms with Gasteiger partial charge in [0.25, 0.3) is 0 Å². The van der Waals surface area contributed by atoms with E-state index in [9.17, 15) is 0 Å². The Hall–Kier alpha value is -0.640. The third-order valence-corrected chi connectivity index (χ3v) is 4.04. The molecule has 0 spiro atoms. The number of nitrogens with zero attached hydrogens (tertiary/aromatic N) is 3. The summed E-state index contributed by atoms with van der Waals surface area (Å²) in [5.74, 6) is 1.83. The molecule has 0 saturated carbocycles. The normalized spacial score (nSPS) is 19.8. The SMILES string of the molecule is Cc1cnnc(N2CCC(C(C)Br)CC2)c1. The molecule has 1 aliphatic rings. The maximum absolute atomic E-state index is 4.20. The van der Waals surface area contributed by atoms with Crippen LogP contribution in [0.15, 0.2) is 12.3 Å². The highest BCUT2D eigenvalue weighted by atomic mass is 79.9. The van der Waals surface area contributed by atoms with Gasteiger partial charge in [0.1, 0.15) is 0 Å². The molecule has 1 atom stereocenters. The van der Waals surface area contributed by atoms with E-state index in [2.05, 4.69) is 50.9 Å². The summed E-state index contributed by atoms with van der Waals surface area (Å²) < 4.78 is 0. The molecular formula is C12H18BrN3. The summed E-state index contributed by atoms with van der Waals surface area (Å²) >= 11 is 3.68. The van der Waals surface area contributed by atoms with Crippen molar-refractivity contribution in [3.8, 4) is 0 Å². The largest absolute Gasteiger partial charge is 0.355 e. The van der Waals surface area contributed by atoms with Gasteiger partial charge in [0.05, 0.1) is 6.20 Å². The lowest BCUT2D eigenvalue weighted by molar-refractivity contribution is 0.405. The molecule has 1 fully saturated rings. The van der Waals surface area contributed by atoms with Crippen LogP contribution in [0.4, 0.5) is 5.82 Å². The van der Waals surface area contributed by atoms with Gasteiger partial charge in [0.2, 0.25) is 0 Å². The zero-order chi connectivity index (χ0) is 11.5. The van der Waals surface area contributed by atoms with Crippen LogP contribution in [0.5, 0.6) is 0 Å². The Kier molecular flexibility index (Phi) is 3.79. The van der Waals surface area contributed by atoms with Crippen molar-refractivity contribution in [1.82, 2.24) is 10.2 Å².